The van der Waals surface area contributed by atoms with Gasteiger partial charge in [0.1, 0.15) is 5.52 Å². The average Bonchev–Trinajstić information content (AvgIpc) is 2.43. The number of hydrogen-bond donors (Lipinski definition) is 1. The molecule has 72 valence electrons. The molecule has 1 N–H and O–H groups in total. The fraction of sp³-hybridized carbons (Fsp3) is 0. The number of hydrogen-bond acceptors (Lipinski definition) is 4. The summed E-state index contributed by atoms with van der Waals surface area (Å²) in [6.45, 7) is 0. The van der Waals surface area contributed by atoms with E-state index in [-0.39, 0.29) is 0 Å². The van der Waals surface area contributed by atoms with E-state index in [1.165, 1.54) is 0 Å². The molecule has 0 aliphatic heterocycles. The number of benzene rings is 1. The number of aromatic nitrogens is 1. The Morgan fingerprint density at radius 3 is 2.86 bits per heavy atom. The summed E-state index contributed by atoms with van der Waals surface area (Å²) in [5.74, 6) is 0. The van der Waals surface area contributed by atoms with Gasteiger partial charge in [-0.25, -0.2) is 0 Å². The van der Waals surface area contributed by atoms with E-state index in [2.05, 4.69) is 4.62 Å². The molecule has 2 rings (SSSR count). The molecule has 1 unspecified atom stereocenters. The molecule has 0 radical (unpaired) electrons. The molecule has 1 heterocycles. The van der Waals surface area contributed by atoms with Gasteiger partial charge in [-0.05, 0) is 12.1 Å². The van der Waals surface area contributed by atoms with Crippen LogP contribution < -0.4 is 9.50 Å². The first kappa shape index (κ1) is 9.33. The van der Waals surface area contributed by atoms with Gasteiger partial charge in [0, 0.05) is 4.57 Å². The highest BCUT2D eigenvalue weighted by molar-refractivity contribution is 7.32. The summed E-state index contributed by atoms with van der Waals surface area (Å²) in [6, 6.07) is 6.89. The lowest BCUT2D eigenvalue weighted by Gasteiger charge is -1.90. The van der Waals surface area contributed by atoms with Gasteiger partial charge in [0.05, 0.1) is 4.70 Å². The molecule has 14 heavy (non-hydrogen) atoms. The summed E-state index contributed by atoms with van der Waals surface area (Å²) in [5.41, 5.74) is 0.500. The van der Waals surface area contributed by atoms with Crippen molar-refractivity contribution in [1.82, 2.24) is 4.73 Å². The molecule has 0 fully saturated rings. The molecule has 7 heteroatoms. The van der Waals surface area contributed by atoms with E-state index < -0.39 is 13.1 Å². The van der Waals surface area contributed by atoms with E-state index in [4.69, 9.17) is 4.89 Å². The first-order chi connectivity index (χ1) is 6.68. The van der Waals surface area contributed by atoms with Gasteiger partial charge >= 0.3 is 13.1 Å². The Hall–Kier alpha value is -1.23. The molecule has 0 saturated carbocycles. The SMILES string of the molecule is O=c1sc2ccccc2n1O[P+](=O)O. The van der Waals surface area contributed by atoms with E-state index in [1.54, 1.807) is 24.3 Å². The van der Waals surface area contributed by atoms with Crippen LogP contribution in [-0.2, 0) is 4.57 Å². The van der Waals surface area contributed by atoms with Gasteiger partial charge in [0.25, 0.3) is 0 Å². The van der Waals surface area contributed by atoms with Crippen LogP contribution in [0.25, 0.3) is 10.2 Å². The normalized spacial score (nSPS) is 11.6. The van der Waals surface area contributed by atoms with Gasteiger partial charge in [-0.3, -0.25) is 4.79 Å². The van der Waals surface area contributed by atoms with Crippen LogP contribution in [-0.4, -0.2) is 9.62 Å². The molecule has 2 aromatic rings. The topological polar surface area (TPSA) is 68.5 Å². The smallest absolute Gasteiger partial charge is 0.253 e. The molecule has 0 amide bonds. The molecule has 0 bridgehead atoms. The van der Waals surface area contributed by atoms with E-state index in [1.807, 2.05) is 0 Å². The third-order valence-electron chi connectivity index (χ3n) is 1.60. The van der Waals surface area contributed by atoms with E-state index >= 15 is 0 Å². The highest BCUT2D eigenvalue weighted by Gasteiger charge is 2.19. The molecule has 1 atom stereocenters. The highest BCUT2D eigenvalue weighted by atomic mass is 32.1. The second kappa shape index (κ2) is 3.49. The number of rotatable bonds is 2. The van der Waals surface area contributed by atoms with E-state index in [9.17, 15) is 9.36 Å². The third kappa shape index (κ3) is 1.55. The summed E-state index contributed by atoms with van der Waals surface area (Å²) in [5, 5.41) is 0. The van der Waals surface area contributed by atoms with Crippen LogP contribution in [0.2, 0.25) is 0 Å². The van der Waals surface area contributed by atoms with Gasteiger partial charge < -0.3 is 0 Å². The van der Waals surface area contributed by atoms with Crippen molar-refractivity contribution in [3.63, 3.8) is 0 Å². The molecule has 0 spiro atoms. The highest BCUT2D eigenvalue weighted by Crippen LogP contribution is 2.18. The summed E-state index contributed by atoms with van der Waals surface area (Å²) < 4.78 is 16.5. The molecule has 0 saturated heterocycles. The fourth-order valence-corrected chi connectivity index (χ4v) is 2.26. The fourth-order valence-electron chi connectivity index (χ4n) is 1.09. The van der Waals surface area contributed by atoms with E-state index in [0.29, 0.717) is 10.2 Å². The van der Waals surface area contributed by atoms with Crippen molar-refractivity contribution in [3.8, 4) is 0 Å². The minimum absolute atomic E-state index is 0.413. The summed E-state index contributed by atoms with van der Waals surface area (Å²) in [4.78, 5) is 19.4. The molecule has 1 aromatic heterocycles. The second-order valence-corrected chi connectivity index (χ2v) is 4.08. The summed E-state index contributed by atoms with van der Waals surface area (Å²) >= 11 is 0.964. The largest absolute Gasteiger partial charge is 0.768 e. The lowest BCUT2D eigenvalue weighted by molar-refractivity contribution is 0.256. The van der Waals surface area contributed by atoms with Crippen molar-refractivity contribution in [3.05, 3.63) is 33.9 Å². The zero-order valence-corrected chi connectivity index (χ0v) is 8.49. The molecular formula is C7H5NO4PS+. The van der Waals surface area contributed by atoms with Gasteiger partial charge in [0.2, 0.25) is 0 Å². The minimum Gasteiger partial charge on any atom is -0.253 e. The molecule has 0 aliphatic carbocycles. The molecule has 5 nitrogen and oxygen atoms in total. The maximum atomic E-state index is 11.3. The number of fused-ring (bicyclic) bond motifs is 1. The average molecular weight is 230 g/mol. The predicted octanol–water partition coefficient (Wildman–Crippen LogP) is 1.14. The van der Waals surface area contributed by atoms with Crippen molar-refractivity contribution in [1.29, 1.82) is 0 Å². The lowest BCUT2D eigenvalue weighted by Crippen LogP contribution is -2.16. The zero-order valence-electron chi connectivity index (χ0n) is 6.78. The van der Waals surface area contributed by atoms with Crippen LogP contribution in [0.15, 0.2) is 29.1 Å². The Balaban J connectivity index is 2.68. The first-order valence-electron chi connectivity index (χ1n) is 3.63. The number of para-hydroxylation sites is 1. The summed E-state index contributed by atoms with van der Waals surface area (Å²) in [6.07, 6.45) is 0. The Labute approximate surface area is 83.1 Å². The molecule has 1 aromatic carbocycles. The first-order valence-corrected chi connectivity index (χ1v) is 5.58. The zero-order chi connectivity index (χ0) is 10.1. The van der Waals surface area contributed by atoms with Crippen molar-refractivity contribution >= 4 is 29.8 Å². The van der Waals surface area contributed by atoms with Crippen molar-refractivity contribution in [2.45, 2.75) is 0 Å². The monoisotopic (exact) mass is 230 g/mol. The lowest BCUT2D eigenvalue weighted by atomic mass is 10.3. The quantitative estimate of drug-likeness (QED) is 0.785. The second-order valence-electron chi connectivity index (χ2n) is 2.45. The van der Waals surface area contributed by atoms with Crippen molar-refractivity contribution in [2.75, 3.05) is 0 Å². The summed E-state index contributed by atoms with van der Waals surface area (Å²) in [7, 11) is -2.82. The van der Waals surface area contributed by atoms with Crippen LogP contribution in [0, 0.1) is 0 Å². The Morgan fingerprint density at radius 2 is 2.14 bits per heavy atom. The van der Waals surface area contributed by atoms with Crippen LogP contribution >= 0.6 is 19.6 Å². The van der Waals surface area contributed by atoms with Crippen LogP contribution in [0.4, 0.5) is 0 Å². The standard InChI is InChI=1S/C7H4NO4PS/c9-7-8(12-13(10)11)5-3-1-2-4-6(5)14-7/h1-4H/p+1. The molecule has 0 aliphatic rings. The maximum absolute atomic E-state index is 11.3. The van der Waals surface area contributed by atoms with Crippen LogP contribution in [0.1, 0.15) is 0 Å². The number of nitrogens with zero attached hydrogens (tertiary/aromatic N) is 1. The van der Waals surface area contributed by atoms with Crippen molar-refractivity contribution in [2.24, 2.45) is 0 Å². The van der Waals surface area contributed by atoms with Gasteiger partial charge in [-0.1, -0.05) is 28.2 Å². The van der Waals surface area contributed by atoms with E-state index in [0.717, 1.165) is 16.1 Å². The van der Waals surface area contributed by atoms with Gasteiger partial charge in [-0.2, -0.15) is 0 Å². The molecular weight excluding hydrogens is 225 g/mol. The predicted molar refractivity (Wildman–Crippen MR) is 52.5 cm³/mol. The van der Waals surface area contributed by atoms with Crippen molar-refractivity contribution < 1.29 is 14.1 Å². The Morgan fingerprint density at radius 1 is 1.43 bits per heavy atom. The third-order valence-corrected chi connectivity index (χ3v) is 2.81. The van der Waals surface area contributed by atoms with Crippen LogP contribution in [0.5, 0.6) is 0 Å². The van der Waals surface area contributed by atoms with Crippen LogP contribution in [0.3, 0.4) is 0 Å². The Kier molecular flexibility index (Phi) is 2.33. The van der Waals surface area contributed by atoms with Gasteiger partial charge in [0.15, 0.2) is 0 Å². The minimum atomic E-state index is -2.82. The van der Waals surface area contributed by atoms with Gasteiger partial charge in [-0.15, -0.1) is 9.52 Å². The Bertz CT molecular complexity index is 546. The number of thiazole rings is 1. The maximum Gasteiger partial charge on any atom is 0.768 e.